The summed E-state index contributed by atoms with van der Waals surface area (Å²) in [5.41, 5.74) is 12.1. The van der Waals surface area contributed by atoms with Crippen LogP contribution < -0.4 is 43.4 Å². The largest absolute Gasteiger partial charge is 0.508 e. The summed E-state index contributed by atoms with van der Waals surface area (Å²) in [5, 5.41) is 25.0. The number of carbonyl (C=O) groups is 6. The van der Waals surface area contributed by atoms with Crippen LogP contribution in [0.25, 0.3) is 0 Å². The van der Waals surface area contributed by atoms with Gasteiger partial charge in [-0.1, -0.05) is 42.5 Å². The molecule has 17 heteroatoms. The van der Waals surface area contributed by atoms with Crippen LogP contribution in [0.5, 0.6) is 5.75 Å². The number of carbonyl (C=O) groups excluding carboxylic acids is 6. The van der Waals surface area contributed by atoms with Crippen molar-refractivity contribution < 1.29 is 33.9 Å². The van der Waals surface area contributed by atoms with Crippen LogP contribution in [0.4, 0.5) is 0 Å². The molecule has 1 saturated heterocycles. The van der Waals surface area contributed by atoms with Gasteiger partial charge in [0.2, 0.25) is 35.4 Å². The number of guanidine groups is 1. The predicted molar refractivity (Wildman–Crippen MR) is 179 cm³/mol. The van der Waals surface area contributed by atoms with Gasteiger partial charge >= 0.3 is 0 Å². The summed E-state index contributed by atoms with van der Waals surface area (Å²) < 4.78 is 0. The molecule has 0 saturated carbocycles. The maximum atomic E-state index is 13.8. The zero-order valence-electron chi connectivity index (χ0n) is 26.1. The average molecular weight is 684 g/mol. The molecule has 3 rings (SSSR count). The van der Waals surface area contributed by atoms with E-state index in [0.29, 0.717) is 11.1 Å². The highest BCUT2D eigenvalue weighted by atomic mass is 32.1. The van der Waals surface area contributed by atoms with Gasteiger partial charge < -0.3 is 48.5 Å². The van der Waals surface area contributed by atoms with Crippen molar-refractivity contribution >= 4 is 54.0 Å². The van der Waals surface area contributed by atoms with Gasteiger partial charge in [0.05, 0.1) is 13.1 Å². The minimum atomic E-state index is -1.25. The Labute approximate surface area is 282 Å². The molecule has 4 atom stereocenters. The zero-order chi connectivity index (χ0) is 35.1. The summed E-state index contributed by atoms with van der Waals surface area (Å²) >= 11 is 4.15. The molecule has 1 aliphatic heterocycles. The average Bonchev–Trinajstić information content (AvgIpc) is 3.06. The van der Waals surface area contributed by atoms with Gasteiger partial charge in [0.1, 0.15) is 29.9 Å². The first-order valence-electron chi connectivity index (χ1n) is 15.2. The van der Waals surface area contributed by atoms with E-state index in [4.69, 9.17) is 11.5 Å². The van der Waals surface area contributed by atoms with Crippen molar-refractivity contribution in [1.82, 2.24) is 31.9 Å². The van der Waals surface area contributed by atoms with Crippen molar-refractivity contribution in [1.29, 1.82) is 0 Å². The van der Waals surface area contributed by atoms with Gasteiger partial charge in [-0.15, -0.1) is 0 Å². The SMILES string of the molecule is NC(N)=NCCC[C@H]1NC(=O)[C@@H](Cc2ccc(O)cc2)NC(=O)[C@H](CS)NC(=O)CNC(=O)CNC(=O)[C@@H](Cc2ccccc2)NC1=O. The second-order valence-corrected chi connectivity index (χ2v) is 11.4. The molecule has 6 amide bonds. The molecule has 16 nitrogen and oxygen atoms in total. The van der Waals surface area contributed by atoms with Gasteiger partial charge in [0.25, 0.3) is 0 Å². The van der Waals surface area contributed by atoms with Crippen molar-refractivity contribution in [2.75, 3.05) is 25.4 Å². The van der Waals surface area contributed by atoms with Gasteiger partial charge in [0, 0.05) is 25.1 Å². The first-order chi connectivity index (χ1) is 22.9. The summed E-state index contributed by atoms with van der Waals surface area (Å²) in [7, 11) is 0. The van der Waals surface area contributed by atoms with E-state index >= 15 is 0 Å². The van der Waals surface area contributed by atoms with Crippen molar-refractivity contribution in [2.45, 2.75) is 49.9 Å². The fourth-order valence-electron chi connectivity index (χ4n) is 4.70. The lowest BCUT2D eigenvalue weighted by Gasteiger charge is -2.27. The van der Waals surface area contributed by atoms with E-state index in [9.17, 15) is 33.9 Å². The van der Waals surface area contributed by atoms with Gasteiger partial charge in [-0.25, -0.2) is 0 Å². The third-order valence-corrected chi connectivity index (χ3v) is 7.57. The number of nitrogens with zero attached hydrogens (tertiary/aromatic N) is 1. The maximum Gasteiger partial charge on any atom is 0.244 e. The van der Waals surface area contributed by atoms with Crippen LogP contribution in [-0.4, -0.2) is 96.1 Å². The number of aliphatic imine (C=N–C) groups is 1. The molecule has 2 aromatic rings. The molecular weight excluding hydrogens is 642 g/mol. The van der Waals surface area contributed by atoms with E-state index in [0.717, 1.165) is 0 Å². The second kappa shape index (κ2) is 18.7. The number of hydrogen-bond acceptors (Lipinski definition) is 9. The maximum absolute atomic E-state index is 13.8. The van der Waals surface area contributed by atoms with Crippen molar-refractivity contribution in [3.05, 3.63) is 65.7 Å². The minimum Gasteiger partial charge on any atom is -0.508 e. The van der Waals surface area contributed by atoms with Crippen molar-refractivity contribution in [2.24, 2.45) is 16.5 Å². The lowest BCUT2D eigenvalue weighted by molar-refractivity contribution is -0.135. The van der Waals surface area contributed by atoms with Crippen LogP contribution in [0.1, 0.15) is 24.0 Å². The predicted octanol–water partition coefficient (Wildman–Crippen LogP) is -2.65. The van der Waals surface area contributed by atoms with Crippen molar-refractivity contribution in [3.63, 3.8) is 0 Å². The Balaban J connectivity index is 1.97. The number of nitrogens with two attached hydrogens (primary N) is 2. The number of benzene rings is 2. The molecule has 0 unspecified atom stereocenters. The topological polar surface area (TPSA) is 259 Å². The number of phenols is 1. The lowest BCUT2D eigenvalue weighted by Crippen LogP contribution is -2.60. The van der Waals surface area contributed by atoms with Crippen LogP contribution in [0.3, 0.4) is 0 Å². The fourth-order valence-corrected chi connectivity index (χ4v) is 4.95. The Morgan fingerprint density at radius 3 is 1.85 bits per heavy atom. The number of rotatable bonds is 9. The highest BCUT2D eigenvalue weighted by molar-refractivity contribution is 7.80. The third kappa shape index (κ3) is 12.5. The van der Waals surface area contributed by atoms with Crippen molar-refractivity contribution in [3.8, 4) is 5.75 Å². The molecular formula is C31H41N9O7S. The summed E-state index contributed by atoms with van der Waals surface area (Å²) in [6, 6.07) is 10.00. The number of amides is 6. The normalized spacial score (nSPS) is 21.6. The Bertz CT molecular complexity index is 1470. The standard InChI is InChI=1S/C31H41N9O7S/c32-31(33)34-12-4-7-21-28(45)39-22(13-18-5-2-1-3-6-18)27(44)36-15-25(42)35-16-26(43)37-24(17-48)30(47)40-23(29(46)38-21)14-19-8-10-20(41)11-9-19/h1-3,5-6,8-11,21-24,41,48H,4,7,12-17H2,(H,35,42)(H,36,44)(H,37,43)(H,38,46)(H,39,45)(H,40,47)(H4,32,33,34)/t21-,22-,23-,24+/m1/s1. The first kappa shape index (κ1) is 37.1. The Kier molecular flexibility index (Phi) is 14.5. The summed E-state index contributed by atoms with van der Waals surface area (Å²) in [6.45, 7) is -0.862. The molecule has 1 heterocycles. The molecule has 1 aliphatic rings. The monoisotopic (exact) mass is 683 g/mol. The molecule has 0 aromatic heterocycles. The number of phenolic OH excluding ortho intramolecular Hbond substituents is 1. The van der Waals surface area contributed by atoms with Gasteiger partial charge in [-0.2, -0.15) is 12.6 Å². The van der Waals surface area contributed by atoms with Crippen LogP contribution in [0, 0.1) is 0 Å². The van der Waals surface area contributed by atoms with Crippen LogP contribution in [0.15, 0.2) is 59.6 Å². The Hall–Kier alpha value is -5.32. The molecule has 11 N–H and O–H groups in total. The van der Waals surface area contributed by atoms with E-state index < -0.39 is 72.7 Å². The smallest absolute Gasteiger partial charge is 0.244 e. The van der Waals surface area contributed by atoms with E-state index in [1.165, 1.54) is 12.1 Å². The third-order valence-electron chi connectivity index (χ3n) is 7.21. The summed E-state index contributed by atoms with van der Waals surface area (Å²) in [6.07, 6.45) is 0.310. The molecule has 48 heavy (non-hydrogen) atoms. The number of nitrogens with one attached hydrogen (secondary N) is 6. The van der Waals surface area contributed by atoms with Crippen LogP contribution in [0.2, 0.25) is 0 Å². The van der Waals surface area contributed by atoms with Gasteiger partial charge in [-0.05, 0) is 36.1 Å². The summed E-state index contributed by atoms with van der Waals surface area (Å²) in [5.74, 6) is -4.55. The zero-order valence-corrected chi connectivity index (χ0v) is 27.0. The Morgan fingerprint density at radius 2 is 1.23 bits per heavy atom. The number of thiol groups is 1. The second-order valence-electron chi connectivity index (χ2n) is 11.0. The highest BCUT2D eigenvalue weighted by Crippen LogP contribution is 2.13. The molecule has 0 bridgehead atoms. The van der Waals surface area contributed by atoms with Crippen LogP contribution in [-0.2, 0) is 41.6 Å². The number of hydrogen-bond donors (Lipinski definition) is 10. The van der Waals surface area contributed by atoms with Gasteiger partial charge in [0.15, 0.2) is 5.96 Å². The molecule has 258 valence electrons. The van der Waals surface area contributed by atoms with E-state index in [2.05, 4.69) is 49.5 Å². The summed E-state index contributed by atoms with van der Waals surface area (Å²) in [4.78, 5) is 83.0. The van der Waals surface area contributed by atoms with Gasteiger partial charge in [-0.3, -0.25) is 33.8 Å². The van der Waals surface area contributed by atoms with E-state index in [1.54, 1.807) is 42.5 Å². The first-order valence-corrected chi connectivity index (χ1v) is 15.8. The Morgan fingerprint density at radius 1 is 0.688 bits per heavy atom. The van der Waals surface area contributed by atoms with Crippen LogP contribution >= 0.6 is 12.6 Å². The minimum absolute atomic E-state index is 0.00603. The number of aromatic hydroxyl groups is 1. The molecule has 0 spiro atoms. The van der Waals surface area contributed by atoms with E-state index in [-0.39, 0.29) is 49.7 Å². The fraction of sp³-hybridized carbons (Fsp3) is 0.387. The molecule has 0 radical (unpaired) electrons. The highest BCUT2D eigenvalue weighted by Gasteiger charge is 2.32. The molecule has 2 aromatic carbocycles. The lowest BCUT2D eigenvalue weighted by atomic mass is 10.0. The molecule has 1 fully saturated rings. The van der Waals surface area contributed by atoms with E-state index in [1.807, 2.05) is 0 Å². The molecule has 0 aliphatic carbocycles. The quantitative estimate of drug-likeness (QED) is 0.0572.